The molecule has 0 aromatic carbocycles. The minimum atomic E-state index is -0.991. The summed E-state index contributed by atoms with van der Waals surface area (Å²) in [6, 6.07) is 0. The van der Waals surface area contributed by atoms with Gasteiger partial charge in [-0.15, -0.1) is 0 Å². The first-order valence-corrected chi connectivity index (χ1v) is 8.13. The number of nitrogens with zero attached hydrogens (tertiary/aromatic N) is 4. The maximum absolute atomic E-state index is 11.7. The number of hydrogen-bond donors (Lipinski definition) is 2. The molecule has 0 radical (unpaired) electrons. The van der Waals surface area contributed by atoms with Gasteiger partial charge in [-0.3, -0.25) is 0 Å². The van der Waals surface area contributed by atoms with E-state index >= 15 is 0 Å². The van der Waals surface area contributed by atoms with Crippen LogP contribution in [0.3, 0.4) is 0 Å². The predicted molar refractivity (Wildman–Crippen MR) is 86.5 cm³/mol. The van der Waals surface area contributed by atoms with Crippen molar-refractivity contribution in [3.05, 3.63) is 11.3 Å². The summed E-state index contributed by atoms with van der Waals surface area (Å²) >= 11 is 0. The Hall–Kier alpha value is -1.93. The molecule has 2 saturated heterocycles. The van der Waals surface area contributed by atoms with Gasteiger partial charge in [0.05, 0.1) is 13.2 Å². The van der Waals surface area contributed by atoms with Crippen LogP contribution in [-0.2, 0) is 11.2 Å². The highest BCUT2D eigenvalue weighted by Crippen LogP contribution is 2.25. The van der Waals surface area contributed by atoms with Crippen molar-refractivity contribution in [2.24, 2.45) is 0 Å². The molecule has 0 saturated carbocycles. The van der Waals surface area contributed by atoms with E-state index in [9.17, 15) is 9.90 Å². The van der Waals surface area contributed by atoms with E-state index in [4.69, 9.17) is 9.72 Å². The molecule has 0 unspecified atom stereocenters. The number of aromatic nitrogens is 2. The molecule has 2 fully saturated rings. The molecule has 2 N–H and O–H groups in total. The smallest absolute Gasteiger partial charge is 0.355 e. The molecule has 3 rings (SSSR count). The Balaban J connectivity index is 2.03. The number of ether oxygens (including phenoxy) is 1. The van der Waals surface area contributed by atoms with Gasteiger partial charge in [0, 0.05) is 44.8 Å². The molecule has 0 spiro atoms. The van der Waals surface area contributed by atoms with Crippen LogP contribution >= 0.6 is 0 Å². The lowest BCUT2D eigenvalue weighted by Gasteiger charge is -2.32. The lowest BCUT2D eigenvalue weighted by atomic mass is 10.1. The average molecular weight is 321 g/mol. The van der Waals surface area contributed by atoms with Crippen LogP contribution in [0.4, 0.5) is 11.8 Å². The first-order chi connectivity index (χ1) is 11.2. The fourth-order valence-corrected chi connectivity index (χ4v) is 3.01. The van der Waals surface area contributed by atoms with E-state index in [0.29, 0.717) is 38.7 Å². The summed E-state index contributed by atoms with van der Waals surface area (Å²) in [7, 11) is 0. The second kappa shape index (κ2) is 7.10. The lowest BCUT2D eigenvalue weighted by Crippen LogP contribution is -2.45. The number of carboxylic acids is 1. The lowest BCUT2D eigenvalue weighted by molar-refractivity contribution is 0.0689. The predicted octanol–water partition coefficient (Wildman–Crippen LogP) is -0.0166. The van der Waals surface area contributed by atoms with Gasteiger partial charge in [-0.25, -0.2) is 9.78 Å². The monoisotopic (exact) mass is 321 g/mol. The first kappa shape index (κ1) is 15.9. The van der Waals surface area contributed by atoms with Crippen LogP contribution < -0.4 is 15.1 Å². The summed E-state index contributed by atoms with van der Waals surface area (Å²) in [4.78, 5) is 24.9. The number of rotatable bonds is 4. The number of nitrogens with one attached hydrogen (secondary N) is 1. The summed E-state index contributed by atoms with van der Waals surface area (Å²) in [5.74, 6) is 0.273. The van der Waals surface area contributed by atoms with Crippen molar-refractivity contribution in [1.82, 2.24) is 15.3 Å². The summed E-state index contributed by atoms with van der Waals surface area (Å²) in [6.07, 6.45) is 0.601. The molecule has 23 heavy (non-hydrogen) atoms. The standard InChI is InChI=1S/C15H23N5O3/c1-2-11-12(14(21)22)17-15(20-7-9-23-10-8-20)18-13(11)19-5-3-16-4-6-19/h16H,2-10H2,1H3,(H,21,22). The molecule has 0 atom stereocenters. The van der Waals surface area contributed by atoms with Gasteiger partial charge in [0.25, 0.3) is 0 Å². The van der Waals surface area contributed by atoms with Crippen molar-refractivity contribution in [2.45, 2.75) is 13.3 Å². The molecular weight excluding hydrogens is 298 g/mol. The zero-order chi connectivity index (χ0) is 16.2. The van der Waals surface area contributed by atoms with Gasteiger partial charge in [0.15, 0.2) is 5.69 Å². The number of piperazine rings is 1. The molecule has 0 amide bonds. The van der Waals surface area contributed by atoms with E-state index in [1.165, 1.54) is 0 Å². The number of morpholine rings is 1. The molecule has 0 bridgehead atoms. The van der Waals surface area contributed by atoms with Gasteiger partial charge in [-0.05, 0) is 6.42 Å². The fourth-order valence-electron chi connectivity index (χ4n) is 3.01. The maximum Gasteiger partial charge on any atom is 0.355 e. The van der Waals surface area contributed by atoms with Gasteiger partial charge in [0.1, 0.15) is 5.82 Å². The van der Waals surface area contributed by atoms with Crippen LogP contribution in [0.2, 0.25) is 0 Å². The molecule has 1 aromatic heterocycles. The van der Waals surface area contributed by atoms with Crippen LogP contribution in [-0.4, -0.2) is 73.5 Å². The van der Waals surface area contributed by atoms with E-state index in [-0.39, 0.29) is 5.69 Å². The Morgan fingerprint density at radius 3 is 2.48 bits per heavy atom. The fraction of sp³-hybridized carbons (Fsp3) is 0.667. The quantitative estimate of drug-likeness (QED) is 0.800. The Bertz CT molecular complexity index is 568. The van der Waals surface area contributed by atoms with E-state index in [1.54, 1.807) is 0 Å². The number of carboxylic acid groups (broad SMARTS) is 1. The largest absolute Gasteiger partial charge is 0.476 e. The Kier molecular flexibility index (Phi) is 4.92. The van der Waals surface area contributed by atoms with Crippen LogP contribution in [0, 0.1) is 0 Å². The van der Waals surface area contributed by atoms with E-state index < -0.39 is 5.97 Å². The van der Waals surface area contributed by atoms with Gasteiger partial charge >= 0.3 is 5.97 Å². The molecule has 0 aliphatic carbocycles. The average Bonchev–Trinajstić information content (AvgIpc) is 2.62. The van der Waals surface area contributed by atoms with Crippen molar-refractivity contribution in [2.75, 3.05) is 62.3 Å². The zero-order valence-electron chi connectivity index (χ0n) is 13.4. The second-order valence-corrected chi connectivity index (χ2v) is 5.67. The van der Waals surface area contributed by atoms with Gasteiger partial charge in [0.2, 0.25) is 5.95 Å². The van der Waals surface area contributed by atoms with Crippen molar-refractivity contribution in [3.63, 3.8) is 0 Å². The summed E-state index contributed by atoms with van der Waals surface area (Å²) < 4.78 is 5.36. The molecule has 8 nitrogen and oxygen atoms in total. The maximum atomic E-state index is 11.7. The van der Waals surface area contributed by atoms with Gasteiger partial charge in [-0.1, -0.05) is 6.92 Å². The molecule has 126 valence electrons. The van der Waals surface area contributed by atoms with Crippen molar-refractivity contribution < 1.29 is 14.6 Å². The topological polar surface area (TPSA) is 90.8 Å². The Morgan fingerprint density at radius 2 is 1.87 bits per heavy atom. The summed E-state index contributed by atoms with van der Waals surface area (Å²) in [5, 5.41) is 12.9. The van der Waals surface area contributed by atoms with Crippen LogP contribution in [0.1, 0.15) is 23.0 Å². The minimum Gasteiger partial charge on any atom is -0.476 e. The van der Waals surface area contributed by atoms with E-state index in [0.717, 1.165) is 37.6 Å². The Labute approximate surface area is 135 Å². The molecule has 8 heteroatoms. The zero-order valence-corrected chi connectivity index (χ0v) is 13.4. The normalized spacial score (nSPS) is 19.0. The number of anilines is 2. The number of aromatic carboxylic acids is 1. The van der Waals surface area contributed by atoms with Crippen LogP contribution in [0.15, 0.2) is 0 Å². The first-order valence-electron chi connectivity index (χ1n) is 8.13. The molecule has 2 aliphatic rings. The molecule has 3 heterocycles. The highest BCUT2D eigenvalue weighted by atomic mass is 16.5. The van der Waals surface area contributed by atoms with Crippen LogP contribution in [0.5, 0.6) is 0 Å². The van der Waals surface area contributed by atoms with Crippen molar-refractivity contribution in [3.8, 4) is 0 Å². The third-order valence-corrected chi connectivity index (χ3v) is 4.24. The molecular formula is C15H23N5O3. The van der Waals surface area contributed by atoms with Gasteiger partial charge < -0.3 is 25.0 Å². The number of carbonyl (C=O) groups is 1. The highest BCUT2D eigenvalue weighted by Gasteiger charge is 2.25. The number of hydrogen-bond acceptors (Lipinski definition) is 7. The van der Waals surface area contributed by atoms with Gasteiger partial charge in [-0.2, -0.15) is 4.98 Å². The summed E-state index contributed by atoms with van der Waals surface area (Å²) in [5.41, 5.74) is 0.842. The second-order valence-electron chi connectivity index (χ2n) is 5.67. The van der Waals surface area contributed by atoms with Crippen molar-refractivity contribution in [1.29, 1.82) is 0 Å². The van der Waals surface area contributed by atoms with E-state index in [1.807, 2.05) is 11.8 Å². The third kappa shape index (κ3) is 3.37. The summed E-state index contributed by atoms with van der Waals surface area (Å²) in [6.45, 7) is 7.96. The third-order valence-electron chi connectivity index (χ3n) is 4.24. The van der Waals surface area contributed by atoms with E-state index in [2.05, 4.69) is 15.2 Å². The SMILES string of the molecule is CCc1c(C(=O)O)nc(N2CCOCC2)nc1N1CCNCC1. The van der Waals surface area contributed by atoms with Crippen LogP contribution in [0.25, 0.3) is 0 Å². The van der Waals surface area contributed by atoms with Crippen molar-refractivity contribution >= 4 is 17.7 Å². The molecule has 2 aliphatic heterocycles. The minimum absolute atomic E-state index is 0.123. The highest BCUT2D eigenvalue weighted by molar-refractivity contribution is 5.89. The Morgan fingerprint density at radius 1 is 1.17 bits per heavy atom. The molecule has 1 aromatic rings.